The highest BCUT2D eigenvalue weighted by Gasteiger charge is 2.14. The van der Waals surface area contributed by atoms with E-state index in [2.05, 4.69) is 5.32 Å². The molecule has 1 aliphatic heterocycles. The van der Waals surface area contributed by atoms with E-state index >= 15 is 0 Å². The summed E-state index contributed by atoms with van der Waals surface area (Å²) >= 11 is 0. The first-order valence-corrected chi connectivity index (χ1v) is 7.82. The van der Waals surface area contributed by atoms with Gasteiger partial charge in [0.15, 0.2) is 0 Å². The third-order valence-corrected chi connectivity index (χ3v) is 3.98. The third-order valence-electron chi connectivity index (χ3n) is 3.98. The van der Waals surface area contributed by atoms with Crippen molar-refractivity contribution in [3.8, 4) is 5.75 Å². The molecule has 21 heavy (non-hydrogen) atoms. The van der Waals surface area contributed by atoms with Gasteiger partial charge in [-0.2, -0.15) is 0 Å². The lowest BCUT2D eigenvalue weighted by Gasteiger charge is -2.23. The largest absolute Gasteiger partial charge is 0.490 e. The van der Waals surface area contributed by atoms with Crippen LogP contribution in [0.4, 0.5) is 0 Å². The topological polar surface area (TPSA) is 50.7 Å². The molecule has 0 bridgehead atoms. The average molecular weight is 293 g/mol. The molecule has 0 aliphatic carbocycles. The summed E-state index contributed by atoms with van der Waals surface area (Å²) in [6, 6.07) is 6.07. The van der Waals surface area contributed by atoms with Gasteiger partial charge < -0.3 is 19.9 Å². The monoisotopic (exact) mass is 293 g/mol. The Kier molecular flexibility index (Phi) is 6.49. The van der Waals surface area contributed by atoms with Crippen LogP contribution in [-0.2, 0) is 4.74 Å². The van der Waals surface area contributed by atoms with Gasteiger partial charge in [0.05, 0.1) is 0 Å². The van der Waals surface area contributed by atoms with Crippen molar-refractivity contribution in [3.63, 3.8) is 0 Å². The molecule has 1 unspecified atom stereocenters. The highest BCUT2D eigenvalue weighted by molar-refractivity contribution is 5.39. The Balaban J connectivity index is 1.66. The molecule has 1 aliphatic rings. The minimum atomic E-state index is -0.483. The Labute approximate surface area is 127 Å². The quantitative estimate of drug-likeness (QED) is 0.808. The molecule has 0 spiro atoms. The van der Waals surface area contributed by atoms with Crippen molar-refractivity contribution in [1.29, 1.82) is 0 Å². The molecule has 1 atom stereocenters. The van der Waals surface area contributed by atoms with E-state index < -0.39 is 6.10 Å². The van der Waals surface area contributed by atoms with E-state index in [1.54, 1.807) is 0 Å². The van der Waals surface area contributed by atoms with Crippen LogP contribution in [-0.4, -0.2) is 44.1 Å². The predicted molar refractivity (Wildman–Crippen MR) is 83.8 cm³/mol. The van der Waals surface area contributed by atoms with Crippen molar-refractivity contribution >= 4 is 0 Å². The van der Waals surface area contributed by atoms with Crippen LogP contribution in [0.15, 0.2) is 18.2 Å². The van der Waals surface area contributed by atoms with Crippen molar-refractivity contribution in [3.05, 3.63) is 29.3 Å². The SMILES string of the molecule is Cc1cccc(C)c1OCC(O)CNCC1CCOCC1. The number of hydrogen-bond donors (Lipinski definition) is 2. The van der Waals surface area contributed by atoms with Gasteiger partial charge in [0.1, 0.15) is 18.5 Å². The first-order valence-electron chi connectivity index (χ1n) is 7.82. The zero-order chi connectivity index (χ0) is 15.1. The molecule has 0 amide bonds. The Hall–Kier alpha value is -1.10. The molecule has 4 nitrogen and oxygen atoms in total. The number of aliphatic hydroxyl groups excluding tert-OH is 1. The van der Waals surface area contributed by atoms with Gasteiger partial charge in [0, 0.05) is 19.8 Å². The lowest BCUT2D eigenvalue weighted by molar-refractivity contribution is 0.0630. The highest BCUT2D eigenvalue weighted by atomic mass is 16.5. The summed E-state index contributed by atoms with van der Waals surface area (Å²) in [5.74, 6) is 1.56. The van der Waals surface area contributed by atoms with Gasteiger partial charge >= 0.3 is 0 Å². The van der Waals surface area contributed by atoms with E-state index in [1.165, 1.54) is 0 Å². The third kappa shape index (κ3) is 5.30. The van der Waals surface area contributed by atoms with Gasteiger partial charge in [-0.15, -0.1) is 0 Å². The molecule has 1 heterocycles. The van der Waals surface area contributed by atoms with E-state index in [9.17, 15) is 5.11 Å². The van der Waals surface area contributed by atoms with E-state index in [4.69, 9.17) is 9.47 Å². The van der Waals surface area contributed by atoms with Crippen molar-refractivity contribution in [2.24, 2.45) is 5.92 Å². The van der Waals surface area contributed by atoms with Crippen LogP contribution < -0.4 is 10.1 Å². The van der Waals surface area contributed by atoms with Crippen molar-refractivity contribution < 1.29 is 14.6 Å². The van der Waals surface area contributed by atoms with Crippen molar-refractivity contribution in [2.75, 3.05) is 32.9 Å². The number of ether oxygens (including phenoxy) is 2. The fraction of sp³-hybridized carbons (Fsp3) is 0.647. The van der Waals surface area contributed by atoms with E-state index in [1.807, 2.05) is 32.0 Å². The van der Waals surface area contributed by atoms with Crippen LogP contribution in [0.1, 0.15) is 24.0 Å². The van der Waals surface area contributed by atoms with Gasteiger partial charge in [0.25, 0.3) is 0 Å². The van der Waals surface area contributed by atoms with Crippen LogP contribution in [0.2, 0.25) is 0 Å². The maximum atomic E-state index is 10.0. The number of hydrogen-bond acceptors (Lipinski definition) is 4. The molecule has 4 heteroatoms. The summed E-state index contributed by atoms with van der Waals surface area (Å²) in [6.07, 6.45) is 1.74. The molecule has 118 valence electrons. The zero-order valence-electron chi connectivity index (χ0n) is 13.1. The maximum absolute atomic E-state index is 10.0. The molecule has 1 fully saturated rings. The number of para-hydroxylation sites is 1. The second-order valence-corrected chi connectivity index (χ2v) is 5.90. The molecule has 2 N–H and O–H groups in total. The Morgan fingerprint density at radius 1 is 1.29 bits per heavy atom. The molecular formula is C17H27NO3. The molecule has 1 saturated heterocycles. The van der Waals surface area contributed by atoms with Gasteiger partial charge in [-0.05, 0) is 50.3 Å². The number of benzene rings is 1. The minimum Gasteiger partial charge on any atom is -0.490 e. The number of nitrogens with one attached hydrogen (secondary N) is 1. The average Bonchev–Trinajstić information content (AvgIpc) is 2.48. The van der Waals surface area contributed by atoms with E-state index in [0.717, 1.165) is 49.5 Å². The lowest BCUT2D eigenvalue weighted by atomic mass is 10.0. The summed E-state index contributed by atoms with van der Waals surface area (Å²) in [7, 11) is 0. The van der Waals surface area contributed by atoms with E-state index in [-0.39, 0.29) is 0 Å². The summed E-state index contributed by atoms with van der Waals surface area (Å²) in [6.45, 7) is 7.63. The summed E-state index contributed by atoms with van der Waals surface area (Å²) in [5, 5.41) is 13.3. The fourth-order valence-electron chi connectivity index (χ4n) is 2.67. The van der Waals surface area contributed by atoms with Crippen molar-refractivity contribution in [1.82, 2.24) is 5.32 Å². The fourth-order valence-corrected chi connectivity index (χ4v) is 2.67. The summed E-state index contributed by atoms with van der Waals surface area (Å²) in [4.78, 5) is 0. The molecule has 1 aromatic rings. The van der Waals surface area contributed by atoms with Gasteiger partial charge in [-0.3, -0.25) is 0 Å². The predicted octanol–water partition coefficient (Wildman–Crippen LogP) is 2.06. The molecule has 2 rings (SSSR count). The van der Waals surface area contributed by atoms with E-state index in [0.29, 0.717) is 19.1 Å². The Bertz CT molecular complexity index is 410. The molecule has 0 radical (unpaired) electrons. The number of rotatable bonds is 7. The maximum Gasteiger partial charge on any atom is 0.125 e. The number of aliphatic hydroxyl groups is 1. The molecule has 0 aromatic heterocycles. The van der Waals surface area contributed by atoms with Crippen LogP contribution >= 0.6 is 0 Å². The standard InChI is InChI=1S/C17H27NO3/c1-13-4-3-5-14(2)17(13)21-12-16(19)11-18-10-15-6-8-20-9-7-15/h3-5,15-16,18-19H,6-12H2,1-2H3. The Morgan fingerprint density at radius 2 is 1.95 bits per heavy atom. The minimum absolute atomic E-state index is 0.326. The molecular weight excluding hydrogens is 266 g/mol. The summed E-state index contributed by atoms with van der Waals surface area (Å²) < 4.78 is 11.1. The molecule has 1 aromatic carbocycles. The second-order valence-electron chi connectivity index (χ2n) is 5.90. The normalized spacial score (nSPS) is 17.7. The van der Waals surface area contributed by atoms with Crippen LogP contribution in [0.25, 0.3) is 0 Å². The molecule has 0 saturated carbocycles. The first kappa shape index (κ1) is 16.3. The van der Waals surface area contributed by atoms with Gasteiger partial charge in [-0.25, -0.2) is 0 Å². The van der Waals surface area contributed by atoms with Crippen LogP contribution in [0.3, 0.4) is 0 Å². The van der Waals surface area contributed by atoms with Crippen molar-refractivity contribution in [2.45, 2.75) is 32.8 Å². The van der Waals surface area contributed by atoms with Gasteiger partial charge in [-0.1, -0.05) is 18.2 Å². The summed E-state index contributed by atoms with van der Waals surface area (Å²) in [5.41, 5.74) is 2.22. The second kappa shape index (κ2) is 8.37. The first-order chi connectivity index (χ1) is 10.2. The highest BCUT2D eigenvalue weighted by Crippen LogP contribution is 2.22. The van der Waals surface area contributed by atoms with Crippen LogP contribution in [0, 0.1) is 19.8 Å². The van der Waals surface area contributed by atoms with Gasteiger partial charge in [0.2, 0.25) is 0 Å². The number of aryl methyl sites for hydroxylation is 2. The zero-order valence-corrected chi connectivity index (χ0v) is 13.1. The smallest absolute Gasteiger partial charge is 0.125 e. The van der Waals surface area contributed by atoms with Crippen LogP contribution in [0.5, 0.6) is 5.75 Å². The Morgan fingerprint density at radius 3 is 2.62 bits per heavy atom. The lowest BCUT2D eigenvalue weighted by Crippen LogP contribution is -2.35.